The maximum atomic E-state index is 5.80. The van der Waals surface area contributed by atoms with Gasteiger partial charge in [-0.15, -0.1) is 0 Å². The van der Waals surface area contributed by atoms with Gasteiger partial charge in [0.15, 0.2) is 5.79 Å². The summed E-state index contributed by atoms with van der Waals surface area (Å²) in [6, 6.07) is 0. The maximum Gasteiger partial charge on any atom is 0.168 e. The van der Waals surface area contributed by atoms with E-state index < -0.39 is 0 Å². The lowest BCUT2D eigenvalue weighted by Crippen LogP contribution is -2.39. The SMILES string of the molecule is COCOC[C@@H]1OC12CCC1(CC2)OCCO1. The van der Waals surface area contributed by atoms with E-state index in [1.807, 2.05) is 0 Å². The van der Waals surface area contributed by atoms with Gasteiger partial charge in [0.1, 0.15) is 12.9 Å². The number of methoxy groups -OCH3 is 1. The molecule has 3 fully saturated rings. The van der Waals surface area contributed by atoms with Crippen LogP contribution < -0.4 is 0 Å². The van der Waals surface area contributed by atoms with Crippen molar-refractivity contribution in [1.29, 1.82) is 0 Å². The van der Waals surface area contributed by atoms with Crippen molar-refractivity contribution >= 4 is 0 Å². The Bertz CT molecular complexity index is 264. The van der Waals surface area contributed by atoms with E-state index in [2.05, 4.69) is 0 Å². The Labute approximate surface area is 101 Å². The first-order valence-electron chi connectivity index (χ1n) is 6.31. The number of hydrogen-bond donors (Lipinski definition) is 0. The molecule has 0 bridgehead atoms. The van der Waals surface area contributed by atoms with Crippen LogP contribution in [0.5, 0.6) is 0 Å². The average molecular weight is 244 g/mol. The lowest BCUT2D eigenvalue weighted by atomic mass is 9.83. The van der Waals surface area contributed by atoms with Gasteiger partial charge in [0.2, 0.25) is 0 Å². The fourth-order valence-corrected chi connectivity index (χ4v) is 2.95. The third-order valence-electron chi connectivity index (χ3n) is 4.05. The van der Waals surface area contributed by atoms with Gasteiger partial charge < -0.3 is 23.7 Å². The number of hydrogen-bond acceptors (Lipinski definition) is 5. The highest BCUT2D eigenvalue weighted by Gasteiger charge is 2.60. The van der Waals surface area contributed by atoms with Gasteiger partial charge in [0.25, 0.3) is 0 Å². The molecule has 1 saturated carbocycles. The molecule has 5 heteroatoms. The highest BCUT2D eigenvalue weighted by molar-refractivity contribution is 5.07. The van der Waals surface area contributed by atoms with Crippen molar-refractivity contribution < 1.29 is 23.7 Å². The smallest absolute Gasteiger partial charge is 0.168 e. The molecule has 2 saturated heterocycles. The maximum absolute atomic E-state index is 5.80. The van der Waals surface area contributed by atoms with E-state index >= 15 is 0 Å². The Kier molecular flexibility index (Phi) is 3.13. The molecule has 1 atom stereocenters. The second-order valence-electron chi connectivity index (χ2n) is 5.06. The van der Waals surface area contributed by atoms with Crippen LogP contribution in [0.15, 0.2) is 0 Å². The summed E-state index contributed by atoms with van der Waals surface area (Å²) in [4.78, 5) is 0. The molecule has 98 valence electrons. The molecule has 0 aromatic rings. The standard InChI is InChI=1S/C12H20O5/c1-13-9-14-8-10-11(17-10)2-4-12(5-3-11)15-6-7-16-12/h10H,2-9H2,1H3/t10-/m0/s1. The predicted molar refractivity (Wildman–Crippen MR) is 58.5 cm³/mol. The Morgan fingerprint density at radius 1 is 1.12 bits per heavy atom. The van der Waals surface area contributed by atoms with Crippen LogP contribution in [-0.2, 0) is 23.7 Å². The van der Waals surface area contributed by atoms with Crippen molar-refractivity contribution in [2.24, 2.45) is 0 Å². The Morgan fingerprint density at radius 2 is 1.82 bits per heavy atom. The predicted octanol–water partition coefficient (Wildman–Crippen LogP) is 1.06. The van der Waals surface area contributed by atoms with Crippen LogP contribution in [0.25, 0.3) is 0 Å². The fraction of sp³-hybridized carbons (Fsp3) is 1.00. The second-order valence-corrected chi connectivity index (χ2v) is 5.06. The van der Waals surface area contributed by atoms with Crippen molar-refractivity contribution in [1.82, 2.24) is 0 Å². The highest BCUT2D eigenvalue weighted by atomic mass is 16.7. The van der Waals surface area contributed by atoms with Crippen molar-refractivity contribution in [3.05, 3.63) is 0 Å². The molecule has 2 aliphatic heterocycles. The van der Waals surface area contributed by atoms with E-state index in [0.29, 0.717) is 13.4 Å². The first-order chi connectivity index (χ1) is 8.29. The summed E-state index contributed by atoms with van der Waals surface area (Å²) in [7, 11) is 1.63. The first kappa shape index (κ1) is 11.9. The minimum Gasteiger partial charge on any atom is -0.364 e. The lowest BCUT2D eigenvalue weighted by Gasteiger charge is -2.34. The number of rotatable bonds is 4. The Hall–Kier alpha value is -0.200. The van der Waals surface area contributed by atoms with Crippen LogP contribution in [0.4, 0.5) is 0 Å². The molecule has 17 heavy (non-hydrogen) atoms. The lowest BCUT2D eigenvalue weighted by molar-refractivity contribution is -0.184. The summed E-state index contributed by atoms with van der Waals surface area (Å²) in [5.74, 6) is -0.296. The van der Waals surface area contributed by atoms with E-state index in [-0.39, 0.29) is 17.5 Å². The minimum absolute atomic E-state index is 0.0360. The molecule has 0 aromatic heterocycles. The second kappa shape index (κ2) is 4.48. The molecule has 1 aliphatic carbocycles. The van der Waals surface area contributed by atoms with Gasteiger partial charge in [-0.1, -0.05) is 0 Å². The monoisotopic (exact) mass is 244 g/mol. The van der Waals surface area contributed by atoms with Crippen molar-refractivity contribution in [3.63, 3.8) is 0 Å². The van der Waals surface area contributed by atoms with Crippen LogP contribution in [-0.4, -0.2) is 51.2 Å². The van der Waals surface area contributed by atoms with Crippen molar-refractivity contribution in [2.75, 3.05) is 33.7 Å². The molecule has 3 rings (SSSR count). The molecule has 0 unspecified atom stereocenters. The highest BCUT2D eigenvalue weighted by Crippen LogP contribution is 2.52. The van der Waals surface area contributed by atoms with Crippen molar-refractivity contribution in [3.8, 4) is 0 Å². The zero-order chi connectivity index (χ0) is 11.8. The van der Waals surface area contributed by atoms with E-state index in [1.54, 1.807) is 7.11 Å². The van der Waals surface area contributed by atoms with Gasteiger partial charge in [0.05, 0.1) is 25.4 Å². The van der Waals surface area contributed by atoms with E-state index in [4.69, 9.17) is 23.7 Å². The number of epoxide rings is 1. The van der Waals surface area contributed by atoms with Gasteiger partial charge in [-0.2, -0.15) is 0 Å². The van der Waals surface area contributed by atoms with E-state index in [1.165, 1.54) is 0 Å². The summed E-state index contributed by atoms with van der Waals surface area (Å²) >= 11 is 0. The summed E-state index contributed by atoms with van der Waals surface area (Å²) in [5, 5.41) is 0. The summed E-state index contributed by atoms with van der Waals surface area (Å²) < 4.78 is 27.4. The summed E-state index contributed by atoms with van der Waals surface area (Å²) in [6.45, 7) is 2.43. The molecule has 0 radical (unpaired) electrons. The first-order valence-corrected chi connectivity index (χ1v) is 6.31. The van der Waals surface area contributed by atoms with E-state index in [0.717, 1.165) is 38.9 Å². The van der Waals surface area contributed by atoms with Crippen LogP contribution in [0.3, 0.4) is 0 Å². The number of ether oxygens (including phenoxy) is 5. The molecule has 2 spiro atoms. The summed E-state index contributed by atoms with van der Waals surface area (Å²) in [6.07, 6.45) is 4.13. The zero-order valence-corrected chi connectivity index (χ0v) is 10.3. The quantitative estimate of drug-likeness (QED) is 0.420. The molecule has 0 aromatic carbocycles. The molecule has 3 aliphatic rings. The molecule has 0 amide bonds. The molecular weight excluding hydrogens is 224 g/mol. The average Bonchev–Trinajstić information content (AvgIpc) is 2.82. The van der Waals surface area contributed by atoms with Crippen LogP contribution >= 0.6 is 0 Å². The van der Waals surface area contributed by atoms with Crippen LogP contribution in [0.2, 0.25) is 0 Å². The van der Waals surface area contributed by atoms with Gasteiger partial charge in [-0.05, 0) is 12.8 Å². The van der Waals surface area contributed by atoms with Gasteiger partial charge in [-0.25, -0.2) is 0 Å². The Balaban J connectivity index is 1.46. The van der Waals surface area contributed by atoms with Crippen LogP contribution in [0.1, 0.15) is 25.7 Å². The largest absolute Gasteiger partial charge is 0.364 e. The molecule has 2 heterocycles. The molecular formula is C12H20O5. The fourth-order valence-electron chi connectivity index (χ4n) is 2.95. The normalized spacial score (nSPS) is 33.4. The third-order valence-corrected chi connectivity index (χ3v) is 4.05. The zero-order valence-electron chi connectivity index (χ0n) is 10.3. The minimum atomic E-state index is -0.296. The van der Waals surface area contributed by atoms with Gasteiger partial charge >= 0.3 is 0 Å². The third kappa shape index (κ3) is 2.22. The van der Waals surface area contributed by atoms with E-state index in [9.17, 15) is 0 Å². The van der Waals surface area contributed by atoms with Crippen molar-refractivity contribution in [2.45, 2.75) is 43.2 Å². The topological polar surface area (TPSA) is 49.5 Å². The molecule has 5 nitrogen and oxygen atoms in total. The Morgan fingerprint density at radius 3 is 2.47 bits per heavy atom. The van der Waals surface area contributed by atoms with Crippen LogP contribution in [0, 0.1) is 0 Å². The van der Waals surface area contributed by atoms with Gasteiger partial charge in [-0.3, -0.25) is 0 Å². The molecule has 0 N–H and O–H groups in total. The summed E-state index contributed by atoms with van der Waals surface area (Å²) in [5.41, 5.74) is 0.0360. The van der Waals surface area contributed by atoms with Gasteiger partial charge in [0, 0.05) is 20.0 Å².